The Morgan fingerprint density at radius 3 is 2.57 bits per heavy atom. The molecule has 2 aromatic rings. The molecule has 21 heavy (non-hydrogen) atoms. The van der Waals surface area contributed by atoms with Crippen LogP contribution in [0.1, 0.15) is 15.2 Å². The fourth-order valence-corrected chi connectivity index (χ4v) is 3.63. The van der Waals surface area contributed by atoms with Crippen molar-refractivity contribution in [1.82, 2.24) is 5.32 Å². The number of hydrogen-bond acceptors (Lipinski definition) is 3. The maximum Gasteiger partial charge on any atom is 0.265 e. The zero-order valence-electron chi connectivity index (χ0n) is 11.1. The van der Waals surface area contributed by atoms with Crippen molar-refractivity contribution >= 4 is 60.7 Å². The van der Waals surface area contributed by atoms with Crippen LogP contribution in [0.5, 0.6) is 0 Å². The summed E-state index contributed by atoms with van der Waals surface area (Å²) < 4.78 is 1.71. The van der Waals surface area contributed by atoms with E-state index in [4.69, 9.17) is 0 Å². The quantitative estimate of drug-likeness (QED) is 0.773. The molecule has 1 aromatic heterocycles. The van der Waals surface area contributed by atoms with Gasteiger partial charge in [0.15, 0.2) is 0 Å². The van der Waals surface area contributed by atoms with Crippen LogP contribution in [0.25, 0.3) is 0 Å². The molecule has 0 saturated heterocycles. The van der Waals surface area contributed by atoms with Crippen LogP contribution >= 0.6 is 43.2 Å². The molecule has 2 rings (SSSR count). The van der Waals surface area contributed by atoms with E-state index in [9.17, 15) is 9.59 Å². The largest absolute Gasteiger partial charge is 0.359 e. The molecule has 110 valence electrons. The fraction of sp³-hybridized carbons (Fsp3) is 0.143. The number of carbonyl (C=O) groups is 2. The monoisotopic (exact) mass is 430 g/mol. The average molecular weight is 432 g/mol. The lowest BCUT2D eigenvalue weighted by atomic mass is 10.1. The summed E-state index contributed by atoms with van der Waals surface area (Å²) in [5.41, 5.74) is 1.42. The van der Waals surface area contributed by atoms with E-state index in [1.54, 1.807) is 19.2 Å². The standard InChI is InChI=1S/C14H12Br2N2O2S/c1-17-12(19)6-8-4-2-3-5-10(8)18-14(20)11-7-9(15)13(16)21-11/h2-5,7H,6H2,1H3,(H,17,19)(H,18,20). The summed E-state index contributed by atoms with van der Waals surface area (Å²) in [6, 6.07) is 9.03. The molecular weight excluding hydrogens is 420 g/mol. The third-order valence-electron chi connectivity index (χ3n) is 2.76. The van der Waals surface area contributed by atoms with Crippen molar-refractivity contribution in [2.45, 2.75) is 6.42 Å². The Labute approximate surface area is 143 Å². The van der Waals surface area contributed by atoms with Gasteiger partial charge in [-0.05, 0) is 49.6 Å². The Bertz CT molecular complexity index is 666. The van der Waals surface area contributed by atoms with Gasteiger partial charge in [0.2, 0.25) is 5.91 Å². The zero-order valence-corrected chi connectivity index (χ0v) is 15.1. The molecule has 4 nitrogen and oxygen atoms in total. The first-order valence-electron chi connectivity index (χ1n) is 6.06. The van der Waals surface area contributed by atoms with E-state index in [-0.39, 0.29) is 18.2 Å². The lowest BCUT2D eigenvalue weighted by Gasteiger charge is -2.09. The number of thiophene rings is 1. The third kappa shape index (κ3) is 4.15. The van der Waals surface area contributed by atoms with Gasteiger partial charge < -0.3 is 10.6 Å². The van der Waals surface area contributed by atoms with Gasteiger partial charge in [0.1, 0.15) is 0 Å². The van der Waals surface area contributed by atoms with Gasteiger partial charge in [-0.2, -0.15) is 0 Å². The minimum absolute atomic E-state index is 0.0988. The van der Waals surface area contributed by atoms with Crippen LogP contribution in [0.3, 0.4) is 0 Å². The lowest BCUT2D eigenvalue weighted by Crippen LogP contribution is -2.21. The minimum Gasteiger partial charge on any atom is -0.359 e. The van der Waals surface area contributed by atoms with Gasteiger partial charge in [0.05, 0.1) is 15.1 Å². The molecule has 0 saturated carbocycles. The van der Waals surface area contributed by atoms with E-state index in [1.807, 2.05) is 18.2 Å². The number of halogens is 2. The van der Waals surface area contributed by atoms with Crippen molar-refractivity contribution in [2.75, 3.05) is 12.4 Å². The van der Waals surface area contributed by atoms with Crippen LogP contribution in [0, 0.1) is 0 Å². The van der Waals surface area contributed by atoms with E-state index >= 15 is 0 Å². The summed E-state index contributed by atoms with van der Waals surface area (Å²) in [7, 11) is 1.59. The second-order valence-corrected chi connectivity index (χ2v) is 7.42. The molecule has 2 amide bonds. The predicted octanol–water partition coefficient (Wildman–Crippen LogP) is 3.81. The van der Waals surface area contributed by atoms with Crippen LogP contribution in [-0.2, 0) is 11.2 Å². The Morgan fingerprint density at radius 2 is 1.95 bits per heavy atom. The molecule has 0 fully saturated rings. The number of rotatable bonds is 4. The number of anilines is 1. The van der Waals surface area contributed by atoms with Crippen LogP contribution in [0.15, 0.2) is 38.6 Å². The highest BCUT2D eigenvalue weighted by Gasteiger charge is 2.14. The molecule has 0 unspecified atom stereocenters. The summed E-state index contributed by atoms with van der Waals surface area (Å²) in [6.45, 7) is 0. The third-order valence-corrected chi connectivity index (χ3v) is 6.02. The molecule has 0 aliphatic heterocycles. The van der Waals surface area contributed by atoms with E-state index in [0.29, 0.717) is 10.6 Å². The highest BCUT2D eigenvalue weighted by Crippen LogP contribution is 2.32. The number of nitrogens with one attached hydrogen (secondary N) is 2. The number of benzene rings is 1. The summed E-state index contributed by atoms with van der Waals surface area (Å²) >= 11 is 8.07. The first-order valence-corrected chi connectivity index (χ1v) is 8.46. The average Bonchev–Trinajstić information content (AvgIpc) is 2.80. The van der Waals surface area contributed by atoms with Crippen molar-refractivity contribution < 1.29 is 9.59 Å². The lowest BCUT2D eigenvalue weighted by molar-refractivity contribution is -0.119. The molecule has 0 aliphatic carbocycles. The molecule has 0 radical (unpaired) electrons. The van der Waals surface area contributed by atoms with Gasteiger partial charge in [0.25, 0.3) is 5.91 Å². The van der Waals surface area contributed by atoms with Crippen molar-refractivity contribution in [3.05, 3.63) is 49.0 Å². The zero-order chi connectivity index (χ0) is 15.4. The Morgan fingerprint density at radius 1 is 1.24 bits per heavy atom. The predicted molar refractivity (Wildman–Crippen MR) is 91.9 cm³/mol. The molecule has 0 bridgehead atoms. The second-order valence-electron chi connectivity index (χ2n) is 4.19. The maximum atomic E-state index is 12.2. The SMILES string of the molecule is CNC(=O)Cc1ccccc1NC(=O)c1cc(Br)c(Br)s1. The van der Waals surface area contributed by atoms with Crippen molar-refractivity contribution in [1.29, 1.82) is 0 Å². The first-order chi connectivity index (χ1) is 10.0. The summed E-state index contributed by atoms with van der Waals surface area (Å²) in [4.78, 5) is 24.3. The van der Waals surface area contributed by atoms with Crippen molar-refractivity contribution in [2.24, 2.45) is 0 Å². The van der Waals surface area contributed by atoms with Crippen molar-refractivity contribution in [3.63, 3.8) is 0 Å². The van der Waals surface area contributed by atoms with Gasteiger partial charge in [-0.25, -0.2) is 0 Å². The number of amides is 2. The molecule has 0 spiro atoms. The molecule has 2 N–H and O–H groups in total. The summed E-state index contributed by atoms with van der Waals surface area (Å²) in [5, 5.41) is 5.42. The molecule has 0 aliphatic rings. The minimum atomic E-state index is -0.198. The number of hydrogen-bond donors (Lipinski definition) is 2. The van der Waals surface area contributed by atoms with Gasteiger partial charge >= 0.3 is 0 Å². The van der Waals surface area contributed by atoms with E-state index in [1.165, 1.54) is 11.3 Å². The molecule has 7 heteroatoms. The highest BCUT2D eigenvalue weighted by atomic mass is 79.9. The van der Waals surface area contributed by atoms with Crippen molar-refractivity contribution in [3.8, 4) is 0 Å². The maximum absolute atomic E-state index is 12.2. The summed E-state index contributed by atoms with van der Waals surface area (Å²) in [6.07, 6.45) is 0.227. The topological polar surface area (TPSA) is 58.2 Å². The van der Waals surface area contributed by atoms with Crippen LogP contribution in [-0.4, -0.2) is 18.9 Å². The second kappa shape index (κ2) is 7.20. The van der Waals surface area contributed by atoms with E-state index in [2.05, 4.69) is 42.5 Å². The number of carbonyl (C=O) groups excluding carboxylic acids is 2. The Balaban J connectivity index is 2.19. The summed E-state index contributed by atoms with van der Waals surface area (Å²) in [5.74, 6) is -0.297. The van der Waals surface area contributed by atoms with Crippen LogP contribution in [0.4, 0.5) is 5.69 Å². The van der Waals surface area contributed by atoms with Crippen LogP contribution < -0.4 is 10.6 Å². The molecule has 1 aromatic carbocycles. The first kappa shape index (κ1) is 16.2. The Hall–Kier alpha value is -1.18. The molecular formula is C14H12Br2N2O2S. The van der Waals surface area contributed by atoms with E-state index in [0.717, 1.165) is 13.8 Å². The highest BCUT2D eigenvalue weighted by molar-refractivity contribution is 9.13. The number of para-hydroxylation sites is 1. The van der Waals surface area contributed by atoms with Gasteiger partial charge in [-0.15, -0.1) is 11.3 Å². The van der Waals surface area contributed by atoms with Gasteiger partial charge in [-0.1, -0.05) is 18.2 Å². The van der Waals surface area contributed by atoms with Gasteiger partial charge in [-0.3, -0.25) is 9.59 Å². The van der Waals surface area contributed by atoms with Gasteiger partial charge in [0, 0.05) is 17.2 Å². The fourth-order valence-electron chi connectivity index (χ4n) is 1.70. The normalized spacial score (nSPS) is 10.2. The molecule has 0 atom stereocenters. The smallest absolute Gasteiger partial charge is 0.265 e. The van der Waals surface area contributed by atoms with E-state index < -0.39 is 0 Å². The number of likely N-dealkylation sites (N-methyl/N-ethyl adjacent to an activating group) is 1. The molecule has 1 heterocycles. The van der Waals surface area contributed by atoms with Crippen LogP contribution in [0.2, 0.25) is 0 Å². The Kier molecular flexibility index (Phi) is 5.55.